The van der Waals surface area contributed by atoms with Gasteiger partial charge in [-0.2, -0.15) is 0 Å². The predicted octanol–water partition coefficient (Wildman–Crippen LogP) is 5.94. The lowest BCUT2D eigenvalue weighted by molar-refractivity contribution is -0.107. The fourth-order valence-corrected chi connectivity index (χ4v) is 4.05. The number of aryl methyl sites for hydroxylation is 1. The molecule has 9 heteroatoms. The number of ether oxygens (including phenoxy) is 2. The van der Waals surface area contributed by atoms with Gasteiger partial charge in [0.15, 0.2) is 8.32 Å². The summed E-state index contributed by atoms with van der Waals surface area (Å²) in [5, 5.41) is 2.87. The summed E-state index contributed by atoms with van der Waals surface area (Å²) in [6, 6.07) is 5.47. The zero-order valence-electron chi connectivity index (χ0n) is 22.4. The number of amides is 1. The molecule has 0 saturated heterocycles. The lowest BCUT2D eigenvalue weighted by Crippen LogP contribution is -2.41. The topological polar surface area (TPSA) is 99.6 Å². The van der Waals surface area contributed by atoms with E-state index in [1.165, 1.54) is 0 Å². The van der Waals surface area contributed by atoms with Crippen LogP contribution in [0.5, 0.6) is 5.88 Å². The number of aromatic nitrogens is 2. The molecule has 0 atom stereocenters. The molecule has 2 aromatic rings. The van der Waals surface area contributed by atoms with Crippen molar-refractivity contribution >= 4 is 26.4 Å². The summed E-state index contributed by atoms with van der Waals surface area (Å²) in [6.07, 6.45) is 1.89. The van der Waals surface area contributed by atoms with Crippen LogP contribution < -0.4 is 10.1 Å². The Morgan fingerprint density at radius 2 is 1.80 bits per heavy atom. The summed E-state index contributed by atoms with van der Waals surface area (Å²) in [5.41, 5.74) is 2.58. The lowest BCUT2D eigenvalue weighted by Gasteiger charge is -2.36. The largest absolute Gasteiger partial charge is 0.475 e. The first kappa shape index (κ1) is 28.5. The highest BCUT2D eigenvalue weighted by atomic mass is 28.4. The Hall–Kier alpha value is -2.78. The summed E-state index contributed by atoms with van der Waals surface area (Å²) < 4.78 is 17.4. The van der Waals surface area contributed by atoms with E-state index >= 15 is 0 Å². The van der Waals surface area contributed by atoms with Crippen LogP contribution in [0.1, 0.15) is 52.9 Å². The molecule has 0 bridgehead atoms. The Bertz CT molecular complexity index is 1040. The van der Waals surface area contributed by atoms with E-state index in [2.05, 4.69) is 49.1 Å². The van der Waals surface area contributed by atoms with Crippen LogP contribution in [0.3, 0.4) is 0 Å². The van der Waals surface area contributed by atoms with Crippen LogP contribution in [0.15, 0.2) is 24.4 Å². The molecule has 0 unspecified atom stereocenters. The molecular weight excluding hydrogens is 462 g/mol. The molecule has 0 aliphatic carbocycles. The fourth-order valence-electron chi connectivity index (χ4n) is 3.02. The van der Waals surface area contributed by atoms with E-state index in [4.69, 9.17) is 13.9 Å². The van der Waals surface area contributed by atoms with E-state index in [1.54, 1.807) is 33.0 Å². The zero-order chi connectivity index (χ0) is 26.4. The Balaban J connectivity index is 2.21. The summed E-state index contributed by atoms with van der Waals surface area (Å²) in [4.78, 5) is 32.4. The van der Waals surface area contributed by atoms with Crippen molar-refractivity contribution in [1.29, 1.82) is 0 Å². The van der Waals surface area contributed by atoms with Crippen molar-refractivity contribution in [1.82, 2.24) is 9.97 Å². The van der Waals surface area contributed by atoms with E-state index < -0.39 is 20.0 Å². The van der Waals surface area contributed by atoms with Crippen LogP contribution in [-0.2, 0) is 20.4 Å². The second-order valence-corrected chi connectivity index (χ2v) is 15.8. The van der Waals surface area contributed by atoms with Gasteiger partial charge in [-0.3, -0.25) is 10.3 Å². The molecule has 0 fully saturated rings. The van der Waals surface area contributed by atoms with E-state index in [-0.39, 0.29) is 11.5 Å². The van der Waals surface area contributed by atoms with Gasteiger partial charge in [-0.15, -0.1) is 0 Å². The SMILES string of the molecule is Cc1nc(CC=O)c(NC(=O)OC(C)(C)C)cc1-c1ccnc(OCCO[Si](C)(C)C(C)(C)C)c1. The third kappa shape index (κ3) is 8.43. The third-order valence-electron chi connectivity index (χ3n) is 5.85. The van der Waals surface area contributed by atoms with E-state index in [0.29, 0.717) is 30.5 Å². The van der Waals surface area contributed by atoms with Gasteiger partial charge in [0.25, 0.3) is 0 Å². The standard InChI is InChI=1S/C26H39N3O5Si/c1-18-20(17-22(21(28-18)11-13-30)29-24(31)34-25(2,3)4)19-10-12-27-23(16-19)32-14-15-33-35(8,9)26(5,6)7/h10,12-13,16-17H,11,14-15H2,1-9H3,(H,29,31). The van der Waals surface area contributed by atoms with Crippen LogP contribution in [0.2, 0.25) is 18.1 Å². The molecule has 8 nitrogen and oxygen atoms in total. The van der Waals surface area contributed by atoms with Crippen LogP contribution >= 0.6 is 0 Å². The molecule has 0 aliphatic heterocycles. The number of nitrogens with zero attached hydrogens (tertiary/aromatic N) is 2. The summed E-state index contributed by atoms with van der Waals surface area (Å²) >= 11 is 0. The number of carbonyl (C=O) groups is 2. The Kier molecular flexibility index (Phi) is 9.19. The average molecular weight is 502 g/mol. The molecule has 2 heterocycles. The minimum Gasteiger partial charge on any atom is -0.475 e. The molecule has 1 N–H and O–H groups in total. The number of rotatable bonds is 9. The fraction of sp³-hybridized carbons (Fsp3) is 0.538. The van der Waals surface area contributed by atoms with Crippen molar-refractivity contribution in [3.63, 3.8) is 0 Å². The van der Waals surface area contributed by atoms with Crippen molar-refractivity contribution in [2.75, 3.05) is 18.5 Å². The van der Waals surface area contributed by atoms with Gasteiger partial charge in [0.2, 0.25) is 5.88 Å². The maximum Gasteiger partial charge on any atom is 0.412 e. The Morgan fingerprint density at radius 1 is 1.11 bits per heavy atom. The highest BCUT2D eigenvalue weighted by molar-refractivity contribution is 6.74. The molecule has 0 aromatic carbocycles. The normalized spacial score (nSPS) is 12.3. The van der Waals surface area contributed by atoms with Crippen LogP contribution in [-0.4, -0.2) is 49.5 Å². The first-order valence-electron chi connectivity index (χ1n) is 11.8. The number of nitrogens with one attached hydrogen (secondary N) is 1. The highest BCUT2D eigenvalue weighted by Gasteiger charge is 2.36. The molecule has 0 saturated carbocycles. The predicted molar refractivity (Wildman–Crippen MR) is 140 cm³/mol. The molecule has 2 rings (SSSR count). The maximum atomic E-state index is 12.4. The van der Waals surface area contributed by atoms with Crippen molar-refractivity contribution in [2.24, 2.45) is 0 Å². The molecule has 1 amide bonds. The van der Waals surface area contributed by atoms with E-state index in [9.17, 15) is 9.59 Å². The molecule has 35 heavy (non-hydrogen) atoms. The van der Waals surface area contributed by atoms with Gasteiger partial charge in [0.05, 0.1) is 18.0 Å². The van der Waals surface area contributed by atoms with Crippen molar-refractivity contribution < 1.29 is 23.5 Å². The number of carbonyl (C=O) groups excluding carboxylic acids is 2. The van der Waals surface area contributed by atoms with E-state index in [1.807, 2.05) is 19.1 Å². The highest BCUT2D eigenvalue weighted by Crippen LogP contribution is 2.36. The van der Waals surface area contributed by atoms with E-state index in [0.717, 1.165) is 23.1 Å². The lowest BCUT2D eigenvalue weighted by atomic mass is 10.0. The molecule has 0 radical (unpaired) electrons. The van der Waals surface area contributed by atoms with Crippen LogP contribution in [0.4, 0.5) is 10.5 Å². The zero-order valence-corrected chi connectivity index (χ0v) is 23.4. The molecule has 0 aliphatic rings. The van der Waals surface area contributed by atoms with Gasteiger partial charge in [-0.05, 0) is 63.5 Å². The minimum atomic E-state index is -1.84. The second kappa shape index (κ2) is 11.3. The first-order chi connectivity index (χ1) is 16.1. The van der Waals surface area contributed by atoms with Crippen molar-refractivity contribution in [3.8, 4) is 17.0 Å². The number of hydrogen-bond acceptors (Lipinski definition) is 7. The van der Waals surface area contributed by atoms with Crippen LogP contribution in [0, 0.1) is 6.92 Å². The van der Waals surface area contributed by atoms with Crippen LogP contribution in [0.25, 0.3) is 11.1 Å². The van der Waals surface area contributed by atoms with Gasteiger partial charge in [-0.25, -0.2) is 9.78 Å². The monoisotopic (exact) mass is 501 g/mol. The summed E-state index contributed by atoms with van der Waals surface area (Å²) in [5.74, 6) is 0.472. The van der Waals surface area contributed by atoms with Crippen molar-refractivity contribution in [3.05, 3.63) is 35.8 Å². The second-order valence-electron chi connectivity index (χ2n) is 11.0. The first-order valence-corrected chi connectivity index (χ1v) is 14.7. The van der Waals surface area contributed by atoms with Gasteiger partial charge in [0.1, 0.15) is 18.5 Å². The molecular formula is C26H39N3O5Si. The average Bonchev–Trinajstić information content (AvgIpc) is 2.71. The maximum absolute atomic E-state index is 12.4. The summed E-state index contributed by atoms with van der Waals surface area (Å²) in [6.45, 7) is 19.1. The number of anilines is 1. The van der Waals surface area contributed by atoms with Crippen molar-refractivity contribution in [2.45, 2.75) is 78.6 Å². The Labute approximate surface area is 209 Å². The van der Waals surface area contributed by atoms with Gasteiger partial charge in [-0.1, -0.05) is 20.8 Å². The molecule has 192 valence electrons. The summed E-state index contributed by atoms with van der Waals surface area (Å²) in [7, 11) is -1.84. The molecule has 0 spiro atoms. The Morgan fingerprint density at radius 3 is 2.40 bits per heavy atom. The number of hydrogen-bond donors (Lipinski definition) is 1. The van der Waals surface area contributed by atoms with Gasteiger partial charge in [0, 0.05) is 29.9 Å². The minimum absolute atomic E-state index is 0.0746. The third-order valence-corrected chi connectivity index (χ3v) is 10.4. The number of aldehydes is 1. The molecule has 2 aromatic heterocycles. The quantitative estimate of drug-likeness (QED) is 0.258. The smallest absolute Gasteiger partial charge is 0.412 e. The van der Waals surface area contributed by atoms with Gasteiger partial charge < -0.3 is 18.7 Å². The van der Waals surface area contributed by atoms with Gasteiger partial charge >= 0.3 is 6.09 Å². The number of pyridine rings is 2.